The second-order valence-electron chi connectivity index (χ2n) is 8.12. The van der Waals surface area contributed by atoms with Gasteiger partial charge in [-0.15, -0.1) is 0 Å². The molecule has 0 aliphatic rings. The smallest absolute Gasteiger partial charge is 0.255 e. The van der Waals surface area contributed by atoms with E-state index in [1.807, 2.05) is 73.1 Å². The number of hydrogen-bond acceptors (Lipinski definition) is 4. The van der Waals surface area contributed by atoms with Crippen molar-refractivity contribution in [1.82, 2.24) is 19.7 Å². The molecule has 0 aliphatic heterocycles. The van der Waals surface area contributed by atoms with E-state index < -0.39 is 0 Å². The molecule has 170 valence electrons. The molecular weight excluding hydrogens is 416 g/mol. The monoisotopic (exact) mass is 444 g/mol. The van der Waals surface area contributed by atoms with Crippen LogP contribution in [0.25, 0.3) is 16.7 Å². The minimum absolute atomic E-state index is 0.0935. The normalized spacial score (nSPS) is 11.0. The van der Waals surface area contributed by atoms with Gasteiger partial charge in [-0.25, -0.2) is 4.68 Å². The molecule has 0 bridgehead atoms. The van der Waals surface area contributed by atoms with Gasteiger partial charge in [0.1, 0.15) is 11.4 Å². The molecule has 33 heavy (non-hydrogen) atoms. The van der Waals surface area contributed by atoms with E-state index in [0.29, 0.717) is 18.5 Å². The van der Waals surface area contributed by atoms with Gasteiger partial charge in [0.15, 0.2) is 0 Å². The van der Waals surface area contributed by atoms with Gasteiger partial charge in [0, 0.05) is 31.0 Å². The summed E-state index contributed by atoms with van der Waals surface area (Å²) in [7, 11) is 3.38. The zero-order chi connectivity index (χ0) is 23.5. The highest BCUT2D eigenvalue weighted by Crippen LogP contribution is 2.25. The lowest BCUT2D eigenvalue weighted by Crippen LogP contribution is -2.27. The summed E-state index contributed by atoms with van der Waals surface area (Å²) in [5.74, 6) is 0.682. The number of ether oxygens (including phenoxy) is 1. The molecule has 0 fully saturated rings. The highest BCUT2D eigenvalue weighted by atomic mass is 16.5. The zero-order valence-corrected chi connectivity index (χ0v) is 19.4. The summed E-state index contributed by atoms with van der Waals surface area (Å²) in [5.41, 5.74) is 4.94. The average molecular weight is 445 g/mol. The molecule has 7 heteroatoms. The Morgan fingerprint density at radius 2 is 1.76 bits per heavy atom. The molecule has 1 N–H and O–H groups in total. The van der Waals surface area contributed by atoms with Crippen molar-refractivity contribution < 1.29 is 9.53 Å². The van der Waals surface area contributed by atoms with Crippen molar-refractivity contribution >= 4 is 16.9 Å². The van der Waals surface area contributed by atoms with Crippen molar-refractivity contribution in [3.8, 4) is 11.4 Å². The topological polar surface area (TPSA) is 78.2 Å². The number of carbonyl (C=O) groups is 1. The van der Waals surface area contributed by atoms with Crippen molar-refractivity contribution in [3.05, 3.63) is 87.3 Å². The summed E-state index contributed by atoms with van der Waals surface area (Å²) in [6.07, 6.45) is 0.614. The van der Waals surface area contributed by atoms with Gasteiger partial charge in [-0.05, 0) is 55.7 Å². The van der Waals surface area contributed by atoms with E-state index >= 15 is 0 Å². The second kappa shape index (κ2) is 9.32. The number of para-hydroxylation sites is 1. The number of amides is 1. The number of aromatic nitrogens is 3. The fourth-order valence-corrected chi connectivity index (χ4v) is 4.19. The molecule has 0 aliphatic carbocycles. The fraction of sp³-hybridized carbons (Fsp3) is 0.269. The third-order valence-electron chi connectivity index (χ3n) is 6.00. The van der Waals surface area contributed by atoms with E-state index in [0.717, 1.165) is 39.3 Å². The molecule has 2 aromatic carbocycles. The van der Waals surface area contributed by atoms with E-state index in [1.54, 1.807) is 18.7 Å². The minimum atomic E-state index is -0.0972. The maximum absolute atomic E-state index is 13.2. The zero-order valence-electron chi connectivity index (χ0n) is 19.4. The Morgan fingerprint density at radius 3 is 2.42 bits per heavy atom. The molecule has 2 aromatic heterocycles. The molecule has 0 atom stereocenters. The lowest BCUT2D eigenvalue weighted by molar-refractivity contribution is -0.121. The Hall–Kier alpha value is -3.87. The molecule has 2 heterocycles. The van der Waals surface area contributed by atoms with Crippen LogP contribution >= 0.6 is 0 Å². The van der Waals surface area contributed by atoms with Gasteiger partial charge in [0.25, 0.3) is 5.56 Å². The minimum Gasteiger partial charge on any atom is -0.497 e. The number of fused-ring (bicyclic) bond motifs is 1. The highest BCUT2D eigenvalue weighted by molar-refractivity contribution is 5.85. The predicted octanol–water partition coefficient (Wildman–Crippen LogP) is 3.60. The van der Waals surface area contributed by atoms with E-state index in [-0.39, 0.29) is 17.9 Å². The number of nitrogens with zero attached hydrogens (tertiary/aromatic N) is 3. The van der Waals surface area contributed by atoms with Crippen molar-refractivity contribution in [3.63, 3.8) is 0 Å². The molecule has 4 rings (SSSR count). The van der Waals surface area contributed by atoms with Crippen LogP contribution < -0.4 is 15.6 Å². The summed E-state index contributed by atoms with van der Waals surface area (Å²) in [6, 6.07) is 17.3. The molecule has 1 amide bonds. The van der Waals surface area contributed by atoms with Crippen LogP contribution in [0.4, 0.5) is 0 Å². The van der Waals surface area contributed by atoms with Gasteiger partial charge in [-0.2, -0.15) is 5.10 Å². The SMILES string of the molecule is COc1ccc(CNC(=O)CCc2c(C)c3c(C)nn(-c4ccccc4)c3n(C)c2=O)cc1. The molecule has 0 spiro atoms. The second-order valence-corrected chi connectivity index (χ2v) is 8.12. The van der Waals surface area contributed by atoms with E-state index in [4.69, 9.17) is 9.84 Å². The summed E-state index contributed by atoms with van der Waals surface area (Å²) in [5, 5.41) is 8.59. The number of benzene rings is 2. The number of methoxy groups -OCH3 is 1. The first-order valence-corrected chi connectivity index (χ1v) is 10.9. The van der Waals surface area contributed by atoms with Gasteiger partial charge in [-0.3, -0.25) is 14.2 Å². The molecule has 0 saturated carbocycles. The molecule has 7 nitrogen and oxygen atoms in total. The Balaban J connectivity index is 1.55. The lowest BCUT2D eigenvalue weighted by Gasteiger charge is -2.13. The van der Waals surface area contributed by atoms with Crippen molar-refractivity contribution in [2.24, 2.45) is 7.05 Å². The van der Waals surface area contributed by atoms with Gasteiger partial charge in [0.05, 0.1) is 18.5 Å². The number of aryl methyl sites for hydroxylation is 3. The number of nitrogens with one attached hydrogen (secondary N) is 1. The Bertz CT molecular complexity index is 1350. The van der Waals surface area contributed by atoms with Gasteiger partial charge < -0.3 is 10.1 Å². The summed E-state index contributed by atoms with van der Waals surface area (Å²) >= 11 is 0. The van der Waals surface area contributed by atoms with Gasteiger partial charge in [-0.1, -0.05) is 30.3 Å². The fourth-order valence-electron chi connectivity index (χ4n) is 4.19. The van der Waals surface area contributed by atoms with Crippen LogP contribution in [0.15, 0.2) is 59.4 Å². The summed E-state index contributed by atoms with van der Waals surface area (Å²) < 4.78 is 8.60. The Morgan fingerprint density at radius 1 is 1.06 bits per heavy atom. The summed E-state index contributed by atoms with van der Waals surface area (Å²) in [6.45, 7) is 4.32. The number of hydrogen-bond donors (Lipinski definition) is 1. The van der Waals surface area contributed by atoms with E-state index in [2.05, 4.69) is 5.32 Å². The maximum Gasteiger partial charge on any atom is 0.255 e. The molecule has 4 aromatic rings. The number of carbonyl (C=O) groups excluding carboxylic acids is 1. The van der Waals surface area contributed by atoms with Gasteiger partial charge >= 0.3 is 0 Å². The largest absolute Gasteiger partial charge is 0.497 e. The van der Waals surface area contributed by atoms with Crippen LogP contribution in [0.2, 0.25) is 0 Å². The molecular formula is C26H28N4O3. The average Bonchev–Trinajstić information content (AvgIpc) is 3.19. The molecule has 0 radical (unpaired) electrons. The first-order chi connectivity index (χ1) is 15.9. The van der Waals surface area contributed by atoms with E-state index in [9.17, 15) is 9.59 Å². The highest BCUT2D eigenvalue weighted by Gasteiger charge is 2.20. The van der Waals surface area contributed by atoms with Crippen LogP contribution in [0.1, 0.15) is 28.8 Å². The Kier molecular flexibility index (Phi) is 6.31. The van der Waals surface area contributed by atoms with Crippen LogP contribution in [-0.4, -0.2) is 27.4 Å². The van der Waals surface area contributed by atoms with Crippen LogP contribution in [-0.2, 0) is 24.8 Å². The molecule has 0 unspecified atom stereocenters. The quantitative estimate of drug-likeness (QED) is 0.473. The van der Waals surface area contributed by atoms with Crippen LogP contribution in [0.5, 0.6) is 5.75 Å². The standard InChI is InChI=1S/C26H28N4O3/c1-17-22(14-15-23(31)27-16-19-10-12-21(33-4)13-11-19)26(32)29(3)25-24(17)18(2)28-30(25)20-8-6-5-7-9-20/h5-13H,14-16H2,1-4H3,(H,27,31). The molecule has 0 saturated heterocycles. The Labute approximate surface area is 192 Å². The van der Waals surface area contributed by atoms with Crippen LogP contribution in [0, 0.1) is 13.8 Å². The first kappa shape index (κ1) is 22.3. The third kappa shape index (κ3) is 4.39. The lowest BCUT2D eigenvalue weighted by atomic mass is 10.0. The van der Waals surface area contributed by atoms with Crippen molar-refractivity contribution in [1.29, 1.82) is 0 Å². The third-order valence-corrected chi connectivity index (χ3v) is 6.00. The maximum atomic E-state index is 13.2. The number of pyridine rings is 1. The van der Waals surface area contributed by atoms with E-state index in [1.165, 1.54) is 0 Å². The van der Waals surface area contributed by atoms with Crippen molar-refractivity contribution in [2.45, 2.75) is 33.2 Å². The van der Waals surface area contributed by atoms with Crippen molar-refractivity contribution in [2.75, 3.05) is 7.11 Å². The van der Waals surface area contributed by atoms with Crippen LogP contribution in [0.3, 0.4) is 0 Å². The van der Waals surface area contributed by atoms with Gasteiger partial charge in [0.2, 0.25) is 5.91 Å². The number of rotatable bonds is 7. The predicted molar refractivity (Wildman–Crippen MR) is 129 cm³/mol. The summed E-state index contributed by atoms with van der Waals surface area (Å²) in [4.78, 5) is 25.7. The first-order valence-electron chi connectivity index (χ1n) is 10.9.